The fourth-order valence-electron chi connectivity index (χ4n) is 2.65. The first-order chi connectivity index (χ1) is 10.5. The van der Waals surface area contributed by atoms with Crippen LogP contribution in [0.3, 0.4) is 0 Å². The average Bonchev–Trinajstić information content (AvgIpc) is 2.94. The molecule has 0 aromatic heterocycles. The standard InChI is InChI=1S/C16H13ClN2O3/c17-14-7-5-12(9-15(14)19(21)22)16(20)18-13-6-4-10-2-1-3-11(10)8-13/h4-9H,1-3H2,(H,18,20). The summed E-state index contributed by atoms with van der Waals surface area (Å²) >= 11 is 5.75. The van der Waals surface area contributed by atoms with Crippen molar-refractivity contribution in [3.63, 3.8) is 0 Å². The van der Waals surface area contributed by atoms with E-state index in [1.165, 1.54) is 29.3 Å². The summed E-state index contributed by atoms with van der Waals surface area (Å²) in [6, 6.07) is 9.85. The maximum Gasteiger partial charge on any atom is 0.288 e. The number of halogens is 1. The van der Waals surface area contributed by atoms with Crippen molar-refractivity contribution in [1.29, 1.82) is 0 Å². The number of nitrogens with one attached hydrogen (secondary N) is 1. The van der Waals surface area contributed by atoms with Gasteiger partial charge in [0.25, 0.3) is 11.6 Å². The lowest BCUT2D eigenvalue weighted by molar-refractivity contribution is -0.384. The number of carbonyl (C=O) groups is 1. The van der Waals surface area contributed by atoms with Gasteiger partial charge in [0.1, 0.15) is 5.02 Å². The summed E-state index contributed by atoms with van der Waals surface area (Å²) in [6.07, 6.45) is 3.23. The Balaban J connectivity index is 1.83. The number of nitrogens with zero attached hydrogens (tertiary/aromatic N) is 1. The SMILES string of the molecule is O=C(Nc1ccc2c(c1)CCC2)c1ccc(Cl)c([N+](=O)[O-])c1. The predicted molar refractivity (Wildman–Crippen MR) is 84.5 cm³/mol. The molecule has 112 valence electrons. The molecule has 5 nitrogen and oxygen atoms in total. The first kappa shape index (κ1) is 14.5. The van der Waals surface area contributed by atoms with Gasteiger partial charge in [0.05, 0.1) is 4.92 Å². The Bertz CT molecular complexity index is 774. The van der Waals surface area contributed by atoms with Gasteiger partial charge in [-0.2, -0.15) is 0 Å². The first-order valence-electron chi connectivity index (χ1n) is 6.92. The van der Waals surface area contributed by atoms with Crippen LogP contribution in [0.15, 0.2) is 36.4 Å². The third-order valence-corrected chi connectivity index (χ3v) is 4.08. The molecular weight excluding hydrogens is 304 g/mol. The molecule has 0 saturated carbocycles. The number of carbonyl (C=O) groups excluding carboxylic acids is 1. The van der Waals surface area contributed by atoms with Crippen molar-refractivity contribution in [1.82, 2.24) is 0 Å². The van der Waals surface area contributed by atoms with Crippen molar-refractivity contribution in [2.24, 2.45) is 0 Å². The van der Waals surface area contributed by atoms with Crippen LogP contribution in [0.25, 0.3) is 0 Å². The third-order valence-electron chi connectivity index (χ3n) is 3.76. The van der Waals surface area contributed by atoms with Gasteiger partial charge in [-0.05, 0) is 54.7 Å². The topological polar surface area (TPSA) is 72.2 Å². The van der Waals surface area contributed by atoms with Crippen LogP contribution in [0.2, 0.25) is 5.02 Å². The number of hydrogen-bond acceptors (Lipinski definition) is 3. The summed E-state index contributed by atoms with van der Waals surface area (Å²) in [6.45, 7) is 0. The zero-order valence-electron chi connectivity index (χ0n) is 11.6. The lowest BCUT2D eigenvalue weighted by atomic mass is 10.1. The maximum atomic E-state index is 12.2. The van der Waals surface area contributed by atoms with E-state index in [0.717, 1.165) is 19.3 Å². The molecule has 0 heterocycles. The van der Waals surface area contributed by atoms with E-state index < -0.39 is 10.8 Å². The molecule has 1 aliphatic rings. The highest BCUT2D eigenvalue weighted by Crippen LogP contribution is 2.27. The maximum absolute atomic E-state index is 12.2. The Kier molecular flexibility index (Phi) is 3.81. The summed E-state index contributed by atoms with van der Waals surface area (Å²) in [4.78, 5) is 22.5. The quantitative estimate of drug-likeness (QED) is 0.687. The van der Waals surface area contributed by atoms with E-state index in [-0.39, 0.29) is 16.3 Å². The highest BCUT2D eigenvalue weighted by molar-refractivity contribution is 6.32. The molecule has 1 aliphatic carbocycles. The lowest BCUT2D eigenvalue weighted by Gasteiger charge is -2.08. The van der Waals surface area contributed by atoms with Crippen molar-refractivity contribution in [2.45, 2.75) is 19.3 Å². The zero-order valence-corrected chi connectivity index (χ0v) is 12.4. The Morgan fingerprint density at radius 3 is 2.68 bits per heavy atom. The Morgan fingerprint density at radius 2 is 1.91 bits per heavy atom. The van der Waals surface area contributed by atoms with Crippen LogP contribution in [-0.4, -0.2) is 10.8 Å². The van der Waals surface area contributed by atoms with E-state index in [4.69, 9.17) is 11.6 Å². The smallest absolute Gasteiger partial charge is 0.288 e. The Morgan fingerprint density at radius 1 is 1.14 bits per heavy atom. The van der Waals surface area contributed by atoms with E-state index in [9.17, 15) is 14.9 Å². The van der Waals surface area contributed by atoms with Crippen LogP contribution in [0.4, 0.5) is 11.4 Å². The number of amides is 1. The summed E-state index contributed by atoms with van der Waals surface area (Å²) < 4.78 is 0. The van der Waals surface area contributed by atoms with Crippen molar-refractivity contribution >= 4 is 28.9 Å². The van der Waals surface area contributed by atoms with Gasteiger partial charge in [0.2, 0.25) is 0 Å². The highest BCUT2D eigenvalue weighted by atomic mass is 35.5. The van der Waals surface area contributed by atoms with Crippen molar-refractivity contribution in [3.8, 4) is 0 Å². The molecule has 0 spiro atoms. The van der Waals surface area contributed by atoms with E-state index in [2.05, 4.69) is 5.32 Å². The number of nitro groups is 1. The minimum atomic E-state index is -0.603. The number of fused-ring (bicyclic) bond motifs is 1. The largest absolute Gasteiger partial charge is 0.322 e. The van der Waals surface area contributed by atoms with Crippen LogP contribution in [-0.2, 0) is 12.8 Å². The molecule has 0 saturated heterocycles. The minimum absolute atomic E-state index is 0.0130. The van der Waals surface area contributed by atoms with Crippen LogP contribution in [0, 0.1) is 10.1 Å². The van der Waals surface area contributed by atoms with Gasteiger partial charge in [-0.1, -0.05) is 17.7 Å². The summed E-state index contributed by atoms with van der Waals surface area (Å²) in [5.41, 5.74) is 3.20. The number of hydrogen-bond donors (Lipinski definition) is 1. The minimum Gasteiger partial charge on any atom is -0.322 e. The van der Waals surface area contributed by atoms with Gasteiger partial charge in [-0.3, -0.25) is 14.9 Å². The molecule has 22 heavy (non-hydrogen) atoms. The van der Waals surface area contributed by atoms with E-state index in [0.29, 0.717) is 5.69 Å². The highest BCUT2D eigenvalue weighted by Gasteiger charge is 2.17. The van der Waals surface area contributed by atoms with E-state index >= 15 is 0 Å². The van der Waals surface area contributed by atoms with Gasteiger partial charge in [-0.25, -0.2) is 0 Å². The van der Waals surface area contributed by atoms with Crippen LogP contribution >= 0.6 is 11.6 Å². The molecule has 1 N–H and O–H groups in total. The molecule has 0 atom stereocenters. The zero-order chi connectivity index (χ0) is 15.7. The van der Waals surface area contributed by atoms with Crippen LogP contribution < -0.4 is 5.32 Å². The molecule has 6 heteroatoms. The van der Waals surface area contributed by atoms with Crippen molar-refractivity contribution < 1.29 is 9.72 Å². The predicted octanol–water partition coefficient (Wildman–Crippen LogP) is 3.99. The lowest BCUT2D eigenvalue weighted by Crippen LogP contribution is -2.12. The third kappa shape index (κ3) is 2.80. The number of anilines is 1. The van der Waals surface area contributed by atoms with Gasteiger partial charge in [0.15, 0.2) is 0 Å². The molecule has 0 bridgehead atoms. The van der Waals surface area contributed by atoms with Gasteiger partial charge < -0.3 is 5.32 Å². The van der Waals surface area contributed by atoms with Crippen LogP contribution in [0.1, 0.15) is 27.9 Å². The molecule has 0 fully saturated rings. The number of aryl methyl sites for hydroxylation is 2. The van der Waals surface area contributed by atoms with Gasteiger partial charge in [0, 0.05) is 17.3 Å². The average molecular weight is 317 g/mol. The molecule has 0 radical (unpaired) electrons. The molecular formula is C16H13ClN2O3. The first-order valence-corrected chi connectivity index (χ1v) is 7.29. The molecule has 0 unspecified atom stereocenters. The number of benzene rings is 2. The molecule has 2 aromatic rings. The summed E-state index contributed by atoms with van der Waals surface area (Å²) in [7, 11) is 0. The monoisotopic (exact) mass is 316 g/mol. The van der Waals surface area contributed by atoms with E-state index in [1.807, 2.05) is 18.2 Å². The Hall–Kier alpha value is -2.40. The van der Waals surface area contributed by atoms with Crippen LogP contribution in [0.5, 0.6) is 0 Å². The van der Waals surface area contributed by atoms with Gasteiger partial charge >= 0.3 is 0 Å². The van der Waals surface area contributed by atoms with E-state index in [1.54, 1.807) is 0 Å². The van der Waals surface area contributed by atoms with Crippen molar-refractivity contribution in [2.75, 3.05) is 5.32 Å². The van der Waals surface area contributed by atoms with Gasteiger partial charge in [-0.15, -0.1) is 0 Å². The summed E-state index contributed by atoms with van der Waals surface area (Å²) in [5.74, 6) is -0.391. The Labute approximate surface area is 132 Å². The summed E-state index contributed by atoms with van der Waals surface area (Å²) in [5, 5.41) is 13.7. The second-order valence-electron chi connectivity index (χ2n) is 5.21. The molecule has 1 amide bonds. The fourth-order valence-corrected chi connectivity index (χ4v) is 2.83. The molecule has 2 aromatic carbocycles. The molecule has 3 rings (SSSR count). The number of rotatable bonds is 3. The second kappa shape index (κ2) is 5.77. The molecule has 0 aliphatic heterocycles. The number of nitro benzene ring substituents is 1. The second-order valence-corrected chi connectivity index (χ2v) is 5.62. The fraction of sp³-hybridized carbons (Fsp3) is 0.188. The van der Waals surface area contributed by atoms with Crippen molar-refractivity contribution in [3.05, 3.63) is 68.2 Å². The normalized spacial score (nSPS) is 12.8.